The van der Waals surface area contributed by atoms with E-state index < -0.39 is 0 Å². The largest absolute Gasteiger partial charge is 0.0949 e. The van der Waals surface area contributed by atoms with Crippen LogP contribution in [-0.2, 0) is 6.42 Å². The average molecular weight is 397 g/mol. The zero-order valence-electron chi connectivity index (χ0n) is 19.0. The van der Waals surface area contributed by atoms with Gasteiger partial charge in [0.05, 0.1) is 0 Å². The maximum atomic E-state index is 4.53. The molecule has 0 heterocycles. The van der Waals surface area contributed by atoms with Crippen LogP contribution in [0.15, 0.2) is 77.9 Å². The zero-order chi connectivity index (χ0) is 21.1. The average Bonchev–Trinajstić information content (AvgIpc) is 3.10. The van der Waals surface area contributed by atoms with Gasteiger partial charge in [0, 0.05) is 5.92 Å². The van der Waals surface area contributed by atoms with Crippen molar-refractivity contribution in [1.29, 1.82) is 0 Å². The van der Waals surface area contributed by atoms with Gasteiger partial charge in [0.2, 0.25) is 0 Å². The van der Waals surface area contributed by atoms with Crippen LogP contribution in [0.5, 0.6) is 0 Å². The standard InChI is InChI=1S/C30H36/c1-5-22-8-12-26(13-9-22)27-16-17-28-19-29(21(4)30(28)20-27)18-23-10-14-25(15-11-23)24(6-2)7-3/h8-15,17-18,24,27,30H,4-7,16,19-20H2,1-3H3. The fourth-order valence-corrected chi connectivity index (χ4v) is 5.35. The molecule has 0 radical (unpaired) electrons. The molecule has 2 atom stereocenters. The fraction of sp³-hybridized carbons (Fsp3) is 0.400. The molecular weight excluding hydrogens is 360 g/mol. The van der Waals surface area contributed by atoms with E-state index in [1.807, 2.05) is 0 Å². The summed E-state index contributed by atoms with van der Waals surface area (Å²) in [4.78, 5) is 0. The summed E-state index contributed by atoms with van der Waals surface area (Å²) in [5, 5.41) is 0. The van der Waals surface area contributed by atoms with E-state index in [-0.39, 0.29) is 0 Å². The summed E-state index contributed by atoms with van der Waals surface area (Å²) in [6.45, 7) is 11.3. The highest BCUT2D eigenvalue weighted by Crippen LogP contribution is 2.49. The fourth-order valence-electron chi connectivity index (χ4n) is 5.35. The normalized spacial score (nSPS) is 22.5. The molecule has 2 unspecified atom stereocenters. The number of hydrogen-bond acceptors (Lipinski definition) is 0. The van der Waals surface area contributed by atoms with Crippen molar-refractivity contribution in [2.24, 2.45) is 5.92 Å². The number of hydrogen-bond donors (Lipinski definition) is 0. The molecule has 4 rings (SSSR count). The molecule has 0 aliphatic heterocycles. The van der Waals surface area contributed by atoms with Crippen LogP contribution >= 0.6 is 0 Å². The molecule has 1 saturated carbocycles. The molecule has 0 spiro atoms. The molecule has 2 aliphatic rings. The summed E-state index contributed by atoms with van der Waals surface area (Å²) in [5.74, 6) is 1.84. The van der Waals surface area contributed by atoms with Crippen LogP contribution in [0, 0.1) is 5.92 Å². The Labute approximate surface area is 183 Å². The Morgan fingerprint density at radius 2 is 1.67 bits per heavy atom. The van der Waals surface area contributed by atoms with Crippen LogP contribution < -0.4 is 0 Å². The molecule has 0 nitrogen and oxygen atoms in total. The van der Waals surface area contributed by atoms with Crippen molar-refractivity contribution < 1.29 is 0 Å². The summed E-state index contributed by atoms with van der Waals surface area (Å²) >= 11 is 0. The van der Waals surface area contributed by atoms with Crippen molar-refractivity contribution >= 4 is 6.08 Å². The monoisotopic (exact) mass is 396 g/mol. The first-order chi connectivity index (χ1) is 14.6. The molecule has 0 aromatic heterocycles. The van der Waals surface area contributed by atoms with E-state index in [9.17, 15) is 0 Å². The predicted octanol–water partition coefficient (Wildman–Crippen LogP) is 8.62. The van der Waals surface area contributed by atoms with Gasteiger partial charge >= 0.3 is 0 Å². The molecule has 0 saturated heterocycles. The summed E-state index contributed by atoms with van der Waals surface area (Å²) in [6.07, 6.45) is 11.9. The molecule has 0 N–H and O–H groups in total. The van der Waals surface area contributed by atoms with E-state index >= 15 is 0 Å². The molecule has 2 aliphatic carbocycles. The summed E-state index contributed by atoms with van der Waals surface area (Å²) in [7, 11) is 0. The van der Waals surface area contributed by atoms with E-state index in [0.29, 0.717) is 17.8 Å². The lowest BCUT2D eigenvalue weighted by Gasteiger charge is -2.26. The number of fused-ring (bicyclic) bond motifs is 1. The summed E-state index contributed by atoms with van der Waals surface area (Å²) in [5.41, 5.74) is 10.1. The molecule has 30 heavy (non-hydrogen) atoms. The number of allylic oxidation sites excluding steroid dienone is 4. The number of aryl methyl sites for hydroxylation is 1. The first-order valence-electron chi connectivity index (χ1n) is 11.9. The van der Waals surface area contributed by atoms with E-state index in [2.05, 4.69) is 88.0 Å². The Bertz CT molecular complexity index is 933. The van der Waals surface area contributed by atoms with Crippen LogP contribution in [-0.4, -0.2) is 0 Å². The molecule has 2 aromatic rings. The van der Waals surface area contributed by atoms with Gasteiger partial charge in [0.25, 0.3) is 0 Å². The predicted molar refractivity (Wildman–Crippen MR) is 131 cm³/mol. The second-order valence-corrected chi connectivity index (χ2v) is 9.15. The lowest BCUT2D eigenvalue weighted by Crippen LogP contribution is -2.12. The zero-order valence-corrected chi connectivity index (χ0v) is 19.0. The van der Waals surface area contributed by atoms with Crippen molar-refractivity contribution in [2.75, 3.05) is 0 Å². The highest BCUT2D eigenvalue weighted by molar-refractivity contribution is 5.64. The Hall–Kier alpha value is -2.34. The maximum Gasteiger partial charge on any atom is 0.00543 e. The van der Waals surface area contributed by atoms with Crippen LogP contribution in [0.4, 0.5) is 0 Å². The molecular formula is C30H36. The van der Waals surface area contributed by atoms with Crippen molar-refractivity contribution in [3.63, 3.8) is 0 Å². The lowest BCUT2D eigenvalue weighted by molar-refractivity contribution is 0.524. The minimum absolute atomic E-state index is 0.532. The van der Waals surface area contributed by atoms with Gasteiger partial charge in [-0.3, -0.25) is 0 Å². The van der Waals surface area contributed by atoms with Crippen LogP contribution in [0.25, 0.3) is 6.08 Å². The second kappa shape index (κ2) is 9.21. The van der Waals surface area contributed by atoms with Gasteiger partial charge in [-0.2, -0.15) is 0 Å². The third-order valence-electron chi connectivity index (χ3n) is 7.45. The van der Waals surface area contributed by atoms with Gasteiger partial charge in [-0.15, -0.1) is 0 Å². The highest BCUT2D eigenvalue weighted by atomic mass is 14.4. The lowest BCUT2D eigenvalue weighted by atomic mass is 9.78. The molecule has 156 valence electrons. The van der Waals surface area contributed by atoms with E-state index in [4.69, 9.17) is 0 Å². The summed E-state index contributed by atoms with van der Waals surface area (Å²) < 4.78 is 0. The van der Waals surface area contributed by atoms with Gasteiger partial charge in [-0.1, -0.05) is 93.6 Å². The molecule has 0 heteroatoms. The molecule has 1 fully saturated rings. The minimum atomic E-state index is 0.532. The van der Waals surface area contributed by atoms with Gasteiger partial charge in [0.15, 0.2) is 0 Å². The van der Waals surface area contributed by atoms with Crippen molar-refractivity contribution in [1.82, 2.24) is 0 Å². The van der Waals surface area contributed by atoms with Gasteiger partial charge in [0.1, 0.15) is 0 Å². The Morgan fingerprint density at radius 1 is 0.967 bits per heavy atom. The Morgan fingerprint density at radius 3 is 2.30 bits per heavy atom. The topological polar surface area (TPSA) is 0 Å². The van der Waals surface area contributed by atoms with E-state index in [1.165, 1.54) is 59.1 Å². The SMILES string of the molecule is C=C1C(=Cc2ccc(C(CC)CC)cc2)CC2=CCC(c3ccc(CC)cc3)CC12. The van der Waals surface area contributed by atoms with Gasteiger partial charge in [-0.25, -0.2) is 0 Å². The number of rotatable bonds is 6. The van der Waals surface area contributed by atoms with Crippen LogP contribution in [0.3, 0.4) is 0 Å². The summed E-state index contributed by atoms with van der Waals surface area (Å²) in [6, 6.07) is 18.5. The first-order valence-corrected chi connectivity index (χ1v) is 11.9. The quantitative estimate of drug-likeness (QED) is 0.429. The third kappa shape index (κ3) is 4.24. The highest BCUT2D eigenvalue weighted by Gasteiger charge is 2.33. The van der Waals surface area contributed by atoms with Crippen LogP contribution in [0.2, 0.25) is 0 Å². The Balaban J connectivity index is 1.48. The van der Waals surface area contributed by atoms with Crippen LogP contribution in [0.1, 0.15) is 87.0 Å². The van der Waals surface area contributed by atoms with Crippen molar-refractivity contribution in [3.8, 4) is 0 Å². The first kappa shape index (κ1) is 20.9. The second-order valence-electron chi connectivity index (χ2n) is 9.15. The maximum absolute atomic E-state index is 4.53. The van der Waals surface area contributed by atoms with Crippen molar-refractivity contribution in [2.45, 2.75) is 71.1 Å². The number of benzene rings is 2. The van der Waals surface area contributed by atoms with E-state index in [0.717, 1.165) is 12.8 Å². The van der Waals surface area contributed by atoms with Gasteiger partial charge in [-0.05, 0) is 83.8 Å². The van der Waals surface area contributed by atoms with Crippen molar-refractivity contribution in [3.05, 3.63) is 100 Å². The Kier molecular flexibility index (Phi) is 6.42. The molecule has 0 amide bonds. The van der Waals surface area contributed by atoms with Gasteiger partial charge < -0.3 is 0 Å². The molecule has 2 aromatic carbocycles. The van der Waals surface area contributed by atoms with E-state index in [1.54, 1.807) is 5.57 Å². The smallest absolute Gasteiger partial charge is 0.00543 e. The minimum Gasteiger partial charge on any atom is -0.0949 e. The third-order valence-corrected chi connectivity index (χ3v) is 7.45. The molecule has 0 bridgehead atoms.